The highest BCUT2D eigenvalue weighted by Crippen LogP contribution is 2.25. The van der Waals surface area contributed by atoms with Crippen molar-refractivity contribution in [2.45, 2.75) is 13.0 Å². The van der Waals surface area contributed by atoms with Gasteiger partial charge in [-0.2, -0.15) is 0 Å². The van der Waals surface area contributed by atoms with Gasteiger partial charge in [0.15, 0.2) is 0 Å². The van der Waals surface area contributed by atoms with Gasteiger partial charge in [0.25, 0.3) is 0 Å². The summed E-state index contributed by atoms with van der Waals surface area (Å²) in [5.74, 6) is -0.300. The quantitative estimate of drug-likeness (QED) is 0.677. The smallest absolute Gasteiger partial charge is 0.325 e. The largest absolute Gasteiger partial charge is 0.468 e. The monoisotopic (exact) mass is 395 g/mol. The van der Waals surface area contributed by atoms with Gasteiger partial charge >= 0.3 is 5.97 Å². The number of hydrogen-bond donors (Lipinski definition) is 1. The fourth-order valence-corrected chi connectivity index (χ4v) is 4.30. The number of ether oxygens (including phenoxy) is 2. The van der Waals surface area contributed by atoms with E-state index in [4.69, 9.17) is 9.47 Å². The van der Waals surface area contributed by atoms with E-state index in [9.17, 15) is 13.2 Å². The SMILES string of the molecule is COC(=O)Cn1ccc2c(NS(=O)(=O)CCCN3CCOCC3)cccc21. The predicted octanol–water partition coefficient (Wildman–Crippen LogP) is 1.28. The van der Waals surface area contributed by atoms with Crippen LogP contribution in [0.3, 0.4) is 0 Å². The van der Waals surface area contributed by atoms with E-state index >= 15 is 0 Å². The van der Waals surface area contributed by atoms with Crippen LogP contribution < -0.4 is 4.72 Å². The number of nitrogens with one attached hydrogen (secondary N) is 1. The number of fused-ring (bicyclic) bond motifs is 1. The molecule has 2 aromatic rings. The molecule has 1 aliphatic heterocycles. The van der Waals surface area contributed by atoms with Gasteiger partial charge in [0.1, 0.15) is 6.54 Å². The van der Waals surface area contributed by atoms with Crippen molar-refractivity contribution in [3.63, 3.8) is 0 Å². The van der Waals surface area contributed by atoms with Crippen LogP contribution in [-0.4, -0.2) is 69.6 Å². The van der Waals surface area contributed by atoms with Crippen LogP contribution in [0.2, 0.25) is 0 Å². The first-order valence-corrected chi connectivity index (χ1v) is 10.6. The number of nitrogens with zero attached hydrogens (tertiary/aromatic N) is 2. The lowest BCUT2D eigenvalue weighted by Crippen LogP contribution is -2.37. The second-order valence-electron chi connectivity index (χ2n) is 6.49. The normalized spacial score (nSPS) is 15.7. The first kappa shape index (κ1) is 19.7. The van der Waals surface area contributed by atoms with E-state index in [1.165, 1.54) is 7.11 Å². The number of carbonyl (C=O) groups is 1. The first-order chi connectivity index (χ1) is 13.0. The van der Waals surface area contributed by atoms with Crippen LogP contribution in [-0.2, 0) is 30.8 Å². The number of carbonyl (C=O) groups excluding carboxylic acids is 1. The van der Waals surface area contributed by atoms with E-state index < -0.39 is 10.0 Å². The van der Waals surface area contributed by atoms with Crippen molar-refractivity contribution in [3.05, 3.63) is 30.5 Å². The molecule has 3 rings (SSSR count). The third kappa shape index (κ3) is 5.21. The van der Waals surface area contributed by atoms with Crippen LogP contribution in [0.4, 0.5) is 5.69 Å². The van der Waals surface area contributed by atoms with Gasteiger partial charge in [0.05, 0.1) is 37.3 Å². The van der Waals surface area contributed by atoms with Gasteiger partial charge < -0.3 is 14.0 Å². The lowest BCUT2D eigenvalue weighted by molar-refractivity contribution is -0.141. The Hall–Kier alpha value is -2.10. The lowest BCUT2D eigenvalue weighted by Gasteiger charge is -2.26. The zero-order valence-corrected chi connectivity index (χ0v) is 16.2. The molecule has 27 heavy (non-hydrogen) atoms. The minimum absolute atomic E-state index is 0.0591. The summed E-state index contributed by atoms with van der Waals surface area (Å²) in [5, 5.41) is 0.748. The maximum atomic E-state index is 12.5. The fraction of sp³-hybridized carbons (Fsp3) is 0.500. The van der Waals surface area contributed by atoms with Gasteiger partial charge in [0, 0.05) is 24.7 Å². The van der Waals surface area contributed by atoms with Crippen LogP contribution in [0.25, 0.3) is 10.9 Å². The summed E-state index contributed by atoms with van der Waals surface area (Å²) in [6.07, 6.45) is 2.31. The first-order valence-electron chi connectivity index (χ1n) is 8.94. The molecule has 0 aliphatic carbocycles. The Balaban J connectivity index is 1.65. The lowest BCUT2D eigenvalue weighted by atomic mass is 10.2. The van der Waals surface area contributed by atoms with Crippen molar-refractivity contribution in [2.24, 2.45) is 0 Å². The summed E-state index contributed by atoms with van der Waals surface area (Å²) in [6, 6.07) is 7.13. The molecule has 1 saturated heterocycles. The second-order valence-corrected chi connectivity index (χ2v) is 8.33. The molecule has 0 bridgehead atoms. The van der Waals surface area contributed by atoms with Crippen LogP contribution in [0.15, 0.2) is 30.5 Å². The molecule has 9 heteroatoms. The van der Waals surface area contributed by atoms with E-state index in [0.717, 1.165) is 30.5 Å². The molecule has 8 nitrogen and oxygen atoms in total. The molecule has 0 spiro atoms. The Morgan fingerprint density at radius 1 is 1.26 bits per heavy atom. The van der Waals surface area contributed by atoms with Gasteiger partial charge in [0.2, 0.25) is 10.0 Å². The van der Waals surface area contributed by atoms with Crippen molar-refractivity contribution >= 4 is 32.6 Å². The number of methoxy groups -OCH3 is 1. The molecule has 1 aliphatic rings. The third-order valence-electron chi connectivity index (χ3n) is 4.60. The summed E-state index contributed by atoms with van der Waals surface area (Å²) in [4.78, 5) is 13.7. The highest BCUT2D eigenvalue weighted by Gasteiger charge is 2.16. The number of aromatic nitrogens is 1. The number of benzene rings is 1. The van der Waals surface area contributed by atoms with Crippen LogP contribution in [0.5, 0.6) is 0 Å². The summed E-state index contributed by atoms with van der Waals surface area (Å²) in [7, 11) is -2.12. The number of morpholine rings is 1. The van der Waals surface area contributed by atoms with Crippen molar-refractivity contribution in [1.29, 1.82) is 0 Å². The van der Waals surface area contributed by atoms with Crippen molar-refractivity contribution in [2.75, 3.05) is 50.4 Å². The topological polar surface area (TPSA) is 89.9 Å². The van der Waals surface area contributed by atoms with Crippen LogP contribution in [0, 0.1) is 0 Å². The molecule has 148 valence electrons. The third-order valence-corrected chi connectivity index (χ3v) is 5.95. The summed E-state index contributed by atoms with van der Waals surface area (Å²) < 4.78 is 39.4. The molecule has 1 aromatic carbocycles. The molecule has 0 atom stereocenters. The van der Waals surface area contributed by atoms with Crippen LogP contribution >= 0.6 is 0 Å². The highest BCUT2D eigenvalue weighted by molar-refractivity contribution is 7.92. The molecule has 0 radical (unpaired) electrons. The van der Waals surface area contributed by atoms with Gasteiger partial charge in [-0.25, -0.2) is 8.42 Å². The molecular weight excluding hydrogens is 370 g/mol. The maximum absolute atomic E-state index is 12.5. The Labute approximate surface area is 159 Å². The fourth-order valence-electron chi connectivity index (χ4n) is 3.18. The molecule has 0 saturated carbocycles. The number of rotatable bonds is 8. The zero-order valence-electron chi connectivity index (χ0n) is 15.4. The van der Waals surface area contributed by atoms with E-state index in [1.807, 2.05) is 6.07 Å². The summed E-state index contributed by atoms with van der Waals surface area (Å²) in [6.45, 7) is 3.92. The van der Waals surface area contributed by atoms with E-state index in [2.05, 4.69) is 9.62 Å². The summed E-state index contributed by atoms with van der Waals surface area (Å²) in [5.41, 5.74) is 1.29. The van der Waals surface area contributed by atoms with Gasteiger partial charge in [-0.05, 0) is 31.2 Å². The van der Waals surface area contributed by atoms with Crippen molar-refractivity contribution in [1.82, 2.24) is 9.47 Å². The van der Waals surface area contributed by atoms with E-state index in [0.29, 0.717) is 25.3 Å². The Kier molecular flexibility index (Phi) is 6.35. The van der Waals surface area contributed by atoms with Gasteiger partial charge in [-0.1, -0.05) is 6.07 Å². The standard InChI is InChI=1S/C18H25N3O5S/c1-25-18(22)14-21-8-6-15-16(4-2-5-17(15)21)19-27(23,24)13-3-7-20-9-11-26-12-10-20/h2,4-6,8,19H,3,7,9-14H2,1H3. The average Bonchev–Trinajstić information content (AvgIpc) is 3.06. The zero-order chi connectivity index (χ0) is 19.3. The molecule has 1 aromatic heterocycles. The minimum Gasteiger partial charge on any atom is -0.468 e. The van der Waals surface area contributed by atoms with Crippen molar-refractivity contribution in [3.8, 4) is 0 Å². The number of esters is 1. The summed E-state index contributed by atoms with van der Waals surface area (Å²) >= 11 is 0. The molecule has 0 amide bonds. The molecule has 1 N–H and O–H groups in total. The molecular formula is C18H25N3O5S. The molecule has 0 unspecified atom stereocenters. The van der Waals surface area contributed by atoms with Crippen molar-refractivity contribution < 1.29 is 22.7 Å². The van der Waals surface area contributed by atoms with Gasteiger partial charge in [-0.15, -0.1) is 0 Å². The van der Waals surface area contributed by atoms with Gasteiger partial charge in [-0.3, -0.25) is 14.4 Å². The predicted molar refractivity (Wildman–Crippen MR) is 103 cm³/mol. The maximum Gasteiger partial charge on any atom is 0.325 e. The highest BCUT2D eigenvalue weighted by atomic mass is 32.2. The van der Waals surface area contributed by atoms with E-state index in [1.54, 1.807) is 29.0 Å². The number of anilines is 1. The molecule has 2 heterocycles. The minimum atomic E-state index is -3.45. The number of sulfonamides is 1. The molecule has 1 fully saturated rings. The Morgan fingerprint density at radius 2 is 2.04 bits per heavy atom. The Morgan fingerprint density at radius 3 is 2.78 bits per heavy atom. The second kappa shape index (κ2) is 8.73. The average molecular weight is 395 g/mol. The Bertz CT molecular complexity index is 888. The number of hydrogen-bond acceptors (Lipinski definition) is 6. The van der Waals surface area contributed by atoms with E-state index in [-0.39, 0.29) is 18.3 Å². The van der Waals surface area contributed by atoms with Crippen LogP contribution in [0.1, 0.15) is 6.42 Å².